The highest BCUT2D eigenvalue weighted by molar-refractivity contribution is 7.82. The van der Waals surface area contributed by atoms with Gasteiger partial charge < -0.3 is 5.11 Å². The molecule has 1 saturated carbocycles. The van der Waals surface area contributed by atoms with Gasteiger partial charge in [0.05, 0.1) is 21.3 Å². The Hall–Kier alpha value is -2.92. The highest BCUT2D eigenvalue weighted by Crippen LogP contribution is 2.38. The average molecular weight is 531 g/mol. The first-order valence-corrected chi connectivity index (χ1v) is 13.3. The molecular formula is C24H20ClFN4O3S2. The lowest BCUT2D eigenvalue weighted by Crippen LogP contribution is -2.06. The van der Waals surface area contributed by atoms with Gasteiger partial charge in [-0.1, -0.05) is 17.7 Å². The maximum absolute atomic E-state index is 13.7. The zero-order valence-electron chi connectivity index (χ0n) is 18.3. The Labute approximate surface area is 212 Å². The predicted molar refractivity (Wildman–Crippen MR) is 133 cm³/mol. The molecule has 180 valence electrons. The maximum Gasteiger partial charge on any atom is 0.355 e. The minimum atomic E-state index is -1.70. The van der Waals surface area contributed by atoms with Crippen molar-refractivity contribution in [3.8, 4) is 16.4 Å². The molecular weight excluding hydrogens is 511 g/mol. The summed E-state index contributed by atoms with van der Waals surface area (Å²) in [7, 11) is -1.70. The van der Waals surface area contributed by atoms with Gasteiger partial charge in [-0.05, 0) is 67.1 Å². The summed E-state index contributed by atoms with van der Waals surface area (Å²) < 4.78 is 27.1. The Morgan fingerprint density at radius 3 is 2.60 bits per heavy atom. The summed E-state index contributed by atoms with van der Waals surface area (Å²) >= 11 is 7.54. The third-order valence-corrected chi connectivity index (χ3v) is 7.90. The van der Waals surface area contributed by atoms with Gasteiger partial charge in [-0.2, -0.15) is 5.10 Å². The van der Waals surface area contributed by atoms with E-state index in [2.05, 4.69) is 4.98 Å². The molecule has 3 N–H and O–H groups in total. The standard InChI is InChI=1S/C24H20ClFN4O3S2/c25-18-10-14(3-8-21(18)35(27)33)9-17-20(11-13-1-2-13)30(24-28-19(12-34-24)23(31)32)29-22(17)15-4-6-16(26)7-5-15/h3-8,10,12-13H,1-2,9,11,27H2,(H,31,32). The minimum absolute atomic E-state index is 0.0418. The number of hydrogen-bond donors (Lipinski definition) is 2. The lowest BCUT2D eigenvalue weighted by Gasteiger charge is -2.10. The van der Waals surface area contributed by atoms with E-state index < -0.39 is 17.0 Å². The quantitative estimate of drug-likeness (QED) is 0.332. The third kappa shape index (κ3) is 5.06. The molecule has 0 aliphatic heterocycles. The smallest absolute Gasteiger partial charge is 0.355 e. The lowest BCUT2D eigenvalue weighted by atomic mass is 9.97. The zero-order valence-corrected chi connectivity index (χ0v) is 20.7. The van der Waals surface area contributed by atoms with Crippen molar-refractivity contribution in [1.82, 2.24) is 14.8 Å². The minimum Gasteiger partial charge on any atom is -0.476 e. The summed E-state index contributed by atoms with van der Waals surface area (Å²) in [6.07, 6.45) is 3.43. The van der Waals surface area contributed by atoms with Crippen LogP contribution in [-0.4, -0.2) is 30.0 Å². The molecule has 0 amide bonds. The zero-order chi connectivity index (χ0) is 24.7. The van der Waals surface area contributed by atoms with Crippen molar-refractivity contribution in [2.45, 2.75) is 30.6 Å². The number of benzene rings is 2. The van der Waals surface area contributed by atoms with E-state index in [4.69, 9.17) is 21.8 Å². The number of carbonyl (C=O) groups is 1. The van der Waals surface area contributed by atoms with E-state index in [0.29, 0.717) is 33.1 Å². The van der Waals surface area contributed by atoms with E-state index in [1.54, 1.807) is 28.9 Å². The Kier molecular flexibility index (Phi) is 6.54. The van der Waals surface area contributed by atoms with Gasteiger partial charge in [-0.3, -0.25) is 0 Å². The highest BCUT2D eigenvalue weighted by atomic mass is 35.5. The summed E-state index contributed by atoms with van der Waals surface area (Å²) in [5.41, 5.74) is 4.08. The van der Waals surface area contributed by atoms with Gasteiger partial charge in [0.15, 0.2) is 5.69 Å². The molecule has 1 aliphatic carbocycles. The van der Waals surface area contributed by atoms with Gasteiger partial charge in [0.2, 0.25) is 5.13 Å². The molecule has 1 fully saturated rings. The molecule has 0 spiro atoms. The third-order valence-electron chi connectivity index (χ3n) is 5.87. The Morgan fingerprint density at radius 1 is 1.26 bits per heavy atom. The normalized spacial score (nSPS) is 14.3. The predicted octanol–water partition coefficient (Wildman–Crippen LogP) is 5.01. The molecule has 35 heavy (non-hydrogen) atoms. The molecule has 1 unspecified atom stereocenters. The second-order valence-corrected chi connectivity index (χ2v) is 10.7. The molecule has 0 bridgehead atoms. The lowest BCUT2D eigenvalue weighted by molar-refractivity contribution is 0.0691. The number of halogens is 2. The fourth-order valence-electron chi connectivity index (χ4n) is 3.96. The number of carboxylic acid groups (broad SMARTS) is 1. The number of aromatic nitrogens is 3. The summed E-state index contributed by atoms with van der Waals surface area (Å²) in [6, 6.07) is 11.3. The van der Waals surface area contributed by atoms with E-state index in [1.807, 2.05) is 6.07 Å². The first-order valence-electron chi connectivity index (χ1n) is 10.8. The Morgan fingerprint density at radius 2 is 2.00 bits per heavy atom. The second-order valence-electron chi connectivity index (χ2n) is 8.40. The van der Waals surface area contributed by atoms with Crippen molar-refractivity contribution >= 4 is 39.9 Å². The van der Waals surface area contributed by atoms with Crippen LogP contribution in [0.4, 0.5) is 4.39 Å². The summed E-state index contributed by atoms with van der Waals surface area (Å²) in [5, 5.41) is 22.0. The molecule has 0 saturated heterocycles. The summed E-state index contributed by atoms with van der Waals surface area (Å²) in [4.78, 5) is 16.1. The van der Waals surface area contributed by atoms with Gasteiger partial charge >= 0.3 is 5.97 Å². The number of nitrogens with zero attached hydrogens (tertiary/aromatic N) is 3. The summed E-state index contributed by atoms with van der Waals surface area (Å²) in [6.45, 7) is 0. The number of carboxylic acids is 1. The van der Waals surface area contributed by atoms with Crippen LogP contribution < -0.4 is 5.14 Å². The second kappa shape index (κ2) is 9.62. The van der Waals surface area contributed by atoms with Gasteiger partial charge in [-0.15, -0.1) is 11.3 Å². The van der Waals surface area contributed by atoms with Crippen LogP contribution in [0.5, 0.6) is 0 Å². The van der Waals surface area contributed by atoms with Crippen LogP contribution in [0, 0.1) is 11.7 Å². The monoisotopic (exact) mass is 530 g/mol. The van der Waals surface area contributed by atoms with Crippen LogP contribution in [0.25, 0.3) is 16.4 Å². The molecule has 1 aliphatic rings. The van der Waals surface area contributed by atoms with Crippen molar-refractivity contribution in [3.63, 3.8) is 0 Å². The molecule has 2 aromatic carbocycles. The maximum atomic E-state index is 13.7. The first-order chi connectivity index (χ1) is 16.8. The fraction of sp³-hybridized carbons (Fsp3) is 0.208. The Balaban J connectivity index is 1.66. The van der Waals surface area contributed by atoms with Crippen LogP contribution in [0.3, 0.4) is 0 Å². The van der Waals surface area contributed by atoms with Crippen LogP contribution in [0.1, 0.15) is 40.2 Å². The van der Waals surface area contributed by atoms with Gasteiger partial charge in [0, 0.05) is 22.9 Å². The molecule has 11 heteroatoms. The average Bonchev–Trinajstić information content (AvgIpc) is 3.37. The Bertz CT molecular complexity index is 1450. The van der Waals surface area contributed by atoms with Crippen molar-refractivity contribution < 1.29 is 18.5 Å². The van der Waals surface area contributed by atoms with Crippen molar-refractivity contribution in [3.05, 3.63) is 81.2 Å². The van der Waals surface area contributed by atoms with Crippen molar-refractivity contribution in [1.29, 1.82) is 0 Å². The summed E-state index contributed by atoms with van der Waals surface area (Å²) in [5.74, 6) is -0.944. The van der Waals surface area contributed by atoms with E-state index >= 15 is 0 Å². The molecule has 4 aromatic rings. The largest absolute Gasteiger partial charge is 0.476 e. The van der Waals surface area contributed by atoms with Crippen LogP contribution >= 0.6 is 22.9 Å². The topological polar surface area (TPSA) is 111 Å². The number of nitrogens with two attached hydrogens (primary N) is 1. The molecule has 2 heterocycles. The van der Waals surface area contributed by atoms with E-state index in [9.17, 15) is 18.5 Å². The number of thiazole rings is 1. The SMILES string of the molecule is NS(=O)c1ccc(Cc2c(-c3ccc(F)cc3)nn(-c3nc(C(=O)O)cs3)c2CC2CC2)cc1Cl. The van der Waals surface area contributed by atoms with E-state index in [0.717, 1.165) is 41.6 Å². The first kappa shape index (κ1) is 23.8. The van der Waals surface area contributed by atoms with Crippen LogP contribution in [0.2, 0.25) is 5.02 Å². The number of aromatic carboxylic acids is 1. The van der Waals surface area contributed by atoms with Gasteiger partial charge in [0.1, 0.15) is 16.8 Å². The van der Waals surface area contributed by atoms with Crippen molar-refractivity contribution in [2.24, 2.45) is 11.1 Å². The van der Waals surface area contributed by atoms with Crippen LogP contribution in [-0.2, 0) is 23.8 Å². The van der Waals surface area contributed by atoms with Crippen LogP contribution in [0.15, 0.2) is 52.7 Å². The number of hydrogen-bond acceptors (Lipinski definition) is 5. The number of rotatable bonds is 8. The van der Waals surface area contributed by atoms with Gasteiger partial charge in [0.25, 0.3) is 0 Å². The van der Waals surface area contributed by atoms with E-state index in [-0.39, 0.29) is 11.5 Å². The molecule has 5 rings (SSSR count). The molecule has 2 aromatic heterocycles. The molecule has 1 atom stereocenters. The fourth-order valence-corrected chi connectivity index (χ4v) is 5.61. The molecule has 0 radical (unpaired) electrons. The highest BCUT2D eigenvalue weighted by Gasteiger charge is 2.29. The van der Waals surface area contributed by atoms with E-state index in [1.165, 1.54) is 28.8 Å². The van der Waals surface area contributed by atoms with Gasteiger partial charge in [-0.25, -0.2) is 28.2 Å². The molecule has 7 nitrogen and oxygen atoms in total. The van der Waals surface area contributed by atoms with Crippen molar-refractivity contribution in [2.75, 3.05) is 0 Å².